The molecular formula is C19H26N4O4S. The first kappa shape index (κ1) is 20.3. The molecule has 0 unspecified atom stereocenters. The largest absolute Gasteiger partial charge is 0.497 e. The number of ether oxygens (including phenoxy) is 1. The Bertz CT molecular complexity index is 929. The van der Waals surface area contributed by atoms with Crippen LogP contribution in [0.2, 0.25) is 0 Å². The average molecular weight is 407 g/mol. The number of sulfonamides is 1. The highest BCUT2D eigenvalue weighted by atomic mass is 32.2. The van der Waals surface area contributed by atoms with Crippen LogP contribution >= 0.6 is 0 Å². The number of benzene rings is 1. The summed E-state index contributed by atoms with van der Waals surface area (Å²) in [7, 11) is -0.612. The van der Waals surface area contributed by atoms with Gasteiger partial charge in [-0.3, -0.25) is 9.48 Å². The van der Waals surface area contributed by atoms with Gasteiger partial charge in [-0.05, 0) is 36.5 Å². The SMILES string of the molecule is COc1ccc(CNC(=O)c2cn(C)nc2S(=O)(=O)N2CCC(C)CC2)cc1. The highest BCUT2D eigenvalue weighted by molar-refractivity contribution is 7.89. The van der Waals surface area contributed by atoms with Crippen molar-refractivity contribution in [1.82, 2.24) is 19.4 Å². The van der Waals surface area contributed by atoms with Crippen molar-refractivity contribution in [2.45, 2.75) is 31.3 Å². The Hall–Kier alpha value is -2.39. The van der Waals surface area contributed by atoms with Crippen LogP contribution < -0.4 is 10.1 Å². The van der Waals surface area contributed by atoms with Gasteiger partial charge >= 0.3 is 0 Å². The second-order valence-electron chi connectivity index (χ2n) is 7.14. The van der Waals surface area contributed by atoms with Crippen molar-refractivity contribution in [3.63, 3.8) is 0 Å². The molecule has 3 rings (SSSR count). The molecule has 9 heteroatoms. The van der Waals surface area contributed by atoms with Crippen molar-refractivity contribution < 1.29 is 17.9 Å². The van der Waals surface area contributed by atoms with E-state index in [2.05, 4.69) is 17.3 Å². The molecule has 1 saturated heterocycles. The zero-order valence-electron chi connectivity index (χ0n) is 16.4. The van der Waals surface area contributed by atoms with Crippen LogP contribution in [0.1, 0.15) is 35.7 Å². The third kappa shape index (κ3) is 4.36. The van der Waals surface area contributed by atoms with Crippen molar-refractivity contribution in [2.75, 3.05) is 20.2 Å². The van der Waals surface area contributed by atoms with Crippen molar-refractivity contribution in [2.24, 2.45) is 13.0 Å². The number of nitrogens with one attached hydrogen (secondary N) is 1. The molecule has 28 heavy (non-hydrogen) atoms. The highest BCUT2D eigenvalue weighted by Crippen LogP contribution is 2.24. The molecule has 1 aliphatic heterocycles. The first-order valence-corrected chi connectivity index (χ1v) is 10.7. The van der Waals surface area contributed by atoms with E-state index in [1.807, 2.05) is 12.1 Å². The monoisotopic (exact) mass is 406 g/mol. The number of piperidine rings is 1. The van der Waals surface area contributed by atoms with Gasteiger partial charge < -0.3 is 10.1 Å². The molecule has 152 valence electrons. The molecule has 0 atom stereocenters. The first-order chi connectivity index (χ1) is 13.3. The number of carbonyl (C=O) groups excluding carboxylic acids is 1. The number of aryl methyl sites for hydroxylation is 1. The second kappa shape index (κ2) is 8.32. The summed E-state index contributed by atoms with van der Waals surface area (Å²) in [6, 6.07) is 7.29. The molecule has 0 spiro atoms. The van der Waals surface area contributed by atoms with Crippen molar-refractivity contribution >= 4 is 15.9 Å². The van der Waals surface area contributed by atoms with Gasteiger partial charge in [-0.1, -0.05) is 19.1 Å². The normalized spacial score (nSPS) is 16.1. The molecule has 8 nitrogen and oxygen atoms in total. The van der Waals surface area contributed by atoms with Gasteiger partial charge in [0, 0.05) is 32.9 Å². The van der Waals surface area contributed by atoms with Crippen LogP contribution in [0, 0.1) is 5.92 Å². The Labute approximate surface area is 165 Å². The predicted octanol–water partition coefficient (Wildman–Crippen LogP) is 1.78. The number of methoxy groups -OCH3 is 1. The van der Waals surface area contributed by atoms with Crippen molar-refractivity contribution in [3.05, 3.63) is 41.6 Å². The fraction of sp³-hybridized carbons (Fsp3) is 0.474. The van der Waals surface area contributed by atoms with Crippen LogP contribution in [0.25, 0.3) is 0 Å². The molecular weight excluding hydrogens is 380 g/mol. The summed E-state index contributed by atoms with van der Waals surface area (Å²) < 4.78 is 34.0. The Balaban J connectivity index is 1.76. The van der Waals surface area contributed by atoms with Crippen LogP contribution in [0.5, 0.6) is 5.75 Å². The van der Waals surface area contributed by atoms with Gasteiger partial charge in [0.2, 0.25) is 5.03 Å². The number of aromatic nitrogens is 2. The molecule has 0 aliphatic carbocycles. The molecule has 1 aromatic heterocycles. The highest BCUT2D eigenvalue weighted by Gasteiger charge is 2.34. The smallest absolute Gasteiger partial charge is 0.263 e. The van der Waals surface area contributed by atoms with Gasteiger partial charge in [-0.2, -0.15) is 9.40 Å². The molecule has 1 aliphatic rings. The molecule has 2 aromatic rings. The third-order valence-electron chi connectivity index (χ3n) is 4.98. The zero-order chi connectivity index (χ0) is 20.3. The molecule has 1 fully saturated rings. The summed E-state index contributed by atoms with van der Waals surface area (Å²) >= 11 is 0. The van der Waals surface area contributed by atoms with Gasteiger partial charge in [0.05, 0.1) is 12.7 Å². The molecule has 0 radical (unpaired) electrons. The van der Waals surface area contributed by atoms with Gasteiger partial charge in [0.25, 0.3) is 15.9 Å². The van der Waals surface area contributed by atoms with Crippen LogP contribution in [-0.2, 0) is 23.6 Å². The number of hydrogen-bond acceptors (Lipinski definition) is 5. The Morgan fingerprint density at radius 1 is 1.25 bits per heavy atom. The minimum absolute atomic E-state index is 0.0645. The number of carbonyl (C=O) groups is 1. The third-order valence-corrected chi connectivity index (χ3v) is 6.81. The molecule has 1 N–H and O–H groups in total. The fourth-order valence-electron chi connectivity index (χ4n) is 3.18. The lowest BCUT2D eigenvalue weighted by atomic mass is 10.0. The average Bonchev–Trinajstić information content (AvgIpc) is 3.09. The first-order valence-electron chi connectivity index (χ1n) is 9.26. The lowest BCUT2D eigenvalue weighted by molar-refractivity contribution is 0.0947. The van der Waals surface area contributed by atoms with Crippen LogP contribution in [0.3, 0.4) is 0 Å². The maximum absolute atomic E-state index is 13.0. The van der Waals surface area contributed by atoms with E-state index in [1.54, 1.807) is 26.3 Å². The summed E-state index contributed by atoms with van der Waals surface area (Å²) in [6.07, 6.45) is 3.07. The lowest BCUT2D eigenvalue weighted by Crippen LogP contribution is -2.39. The van der Waals surface area contributed by atoms with E-state index >= 15 is 0 Å². The van der Waals surface area contributed by atoms with E-state index in [9.17, 15) is 13.2 Å². The van der Waals surface area contributed by atoms with Gasteiger partial charge in [-0.25, -0.2) is 8.42 Å². The summed E-state index contributed by atoms with van der Waals surface area (Å²) in [6.45, 7) is 3.29. The minimum Gasteiger partial charge on any atom is -0.497 e. The molecule has 1 aromatic carbocycles. The maximum atomic E-state index is 13.0. The Kier molecular flexibility index (Phi) is 6.04. The summed E-state index contributed by atoms with van der Waals surface area (Å²) in [4.78, 5) is 12.7. The Morgan fingerprint density at radius 2 is 1.89 bits per heavy atom. The fourth-order valence-corrected chi connectivity index (χ4v) is 4.77. The quantitative estimate of drug-likeness (QED) is 0.789. The topological polar surface area (TPSA) is 93.5 Å². The summed E-state index contributed by atoms with van der Waals surface area (Å²) in [5, 5.41) is 6.67. The number of amides is 1. The predicted molar refractivity (Wildman–Crippen MR) is 105 cm³/mol. The van der Waals surface area contributed by atoms with E-state index in [1.165, 1.54) is 15.2 Å². The van der Waals surface area contributed by atoms with Gasteiger partial charge in [-0.15, -0.1) is 0 Å². The molecule has 0 bridgehead atoms. The lowest BCUT2D eigenvalue weighted by Gasteiger charge is -2.28. The van der Waals surface area contributed by atoms with Crippen molar-refractivity contribution in [1.29, 1.82) is 0 Å². The molecule has 0 saturated carbocycles. The van der Waals surface area contributed by atoms with Crippen LogP contribution in [0.4, 0.5) is 0 Å². The Morgan fingerprint density at radius 3 is 2.50 bits per heavy atom. The van der Waals surface area contributed by atoms with E-state index in [0.717, 1.165) is 24.2 Å². The summed E-state index contributed by atoms with van der Waals surface area (Å²) in [5.74, 6) is 0.766. The van der Waals surface area contributed by atoms with Crippen LogP contribution in [0.15, 0.2) is 35.5 Å². The second-order valence-corrected chi connectivity index (χ2v) is 8.99. The van der Waals surface area contributed by atoms with E-state index in [0.29, 0.717) is 19.0 Å². The van der Waals surface area contributed by atoms with E-state index < -0.39 is 15.9 Å². The number of nitrogens with zero attached hydrogens (tertiary/aromatic N) is 3. The minimum atomic E-state index is -3.81. The van der Waals surface area contributed by atoms with Crippen molar-refractivity contribution in [3.8, 4) is 5.75 Å². The molecule has 2 heterocycles. The number of rotatable bonds is 6. The van der Waals surface area contributed by atoms with E-state index in [-0.39, 0.29) is 17.1 Å². The maximum Gasteiger partial charge on any atom is 0.263 e. The van der Waals surface area contributed by atoms with Gasteiger partial charge in [0.1, 0.15) is 5.75 Å². The number of hydrogen-bond donors (Lipinski definition) is 1. The van der Waals surface area contributed by atoms with Crippen LogP contribution in [-0.4, -0.2) is 48.6 Å². The standard InChI is InChI=1S/C19H26N4O4S/c1-14-8-10-23(11-9-14)28(25,26)19-17(13-22(2)21-19)18(24)20-12-15-4-6-16(27-3)7-5-15/h4-7,13-14H,8-12H2,1-3H3,(H,20,24). The summed E-state index contributed by atoms with van der Waals surface area (Å²) in [5.41, 5.74) is 0.946. The van der Waals surface area contributed by atoms with E-state index in [4.69, 9.17) is 4.74 Å². The van der Waals surface area contributed by atoms with Gasteiger partial charge in [0.15, 0.2) is 0 Å². The zero-order valence-corrected chi connectivity index (χ0v) is 17.2. The molecule has 1 amide bonds.